The van der Waals surface area contributed by atoms with Gasteiger partial charge in [-0.15, -0.1) is 0 Å². The summed E-state index contributed by atoms with van der Waals surface area (Å²) < 4.78 is 10.5. The van der Waals surface area contributed by atoms with E-state index < -0.39 is 0 Å². The van der Waals surface area contributed by atoms with Gasteiger partial charge in [0.1, 0.15) is 0 Å². The SMILES string of the molecule is Cc1cc(C)c(B(c2cc(-n3c4ccccc4c4cc5c(cc43)c3ccccc3n5C3c4ccccc4N(c4ccccc4)c4ccccc43)cc(-n3c4ccccc4c4cc5c(cc43)c3ccccc3n5C3c4ccccc4N(c4ccccc4)c4ccccc43)c2)c2c(C)cc(C)cc2C)c(C)c1. The lowest BCUT2D eigenvalue weighted by Gasteiger charge is -2.38. The summed E-state index contributed by atoms with van der Waals surface area (Å²) >= 11 is 0. The lowest BCUT2D eigenvalue weighted by Crippen LogP contribution is -2.56. The van der Waals surface area contributed by atoms with Crippen molar-refractivity contribution in [1.82, 2.24) is 18.3 Å². The topological polar surface area (TPSA) is 26.2 Å². The van der Waals surface area contributed by atoms with Crippen molar-refractivity contribution < 1.29 is 0 Å². The number of para-hydroxylation sites is 10. The molecule has 0 fully saturated rings. The number of aryl methyl sites for hydroxylation is 6. The van der Waals surface area contributed by atoms with Gasteiger partial charge in [-0.3, -0.25) is 0 Å². The van der Waals surface area contributed by atoms with Gasteiger partial charge < -0.3 is 28.1 Å². The van der Waals surface area contributed by atoms with Crippen LogP contribution in [-0.2, 0) is 0 Å². The summed E-state index contributed by atoms with van der Waals surface area (Å²) in [5.74, 6) is 0. The van der Waals surface area contributed by atoms with Crippen LogP contribution >= 0.6 is 0 Å². The van der Waals surface area contributed by atoms with Crippen molar-refractivity contribution in [2.45, 2.75) is 53.6 Å². The highest BCUT2D eigenvalue weighted by molar-refractivity contribution is 6.96. The molecule has 2 aliphatic heterocycles. The smallest absolute Gasteiger partial charge is 0.242 e. The molecule has 7 heteroatoms. The molecule has 498 valence electrons. The van der Waals surface area contributed by atoms with Gasteiger partial charge in [0.25, 0.3) is 0 Å². The summed E-state index contributed by atoms with van der Waals surface area (Å²) in [7, 11) is 0. The van der Waals surface area contributed by atoms with E-state index >= 15 is 0 Å². The summed E-state index contributed by atoms with van der Waals surface area (Å²) in [6.07, 6.45) is 0. The van der Waals surface area contributed by atoms with Crippen LogP contribution in [0.25, 0.3) is 98.6 Å². The number of aromatic nitrogens is 4. The molecular weight excluding hydrogens is 1270 g/mol. The summed E-state index contributed by atoms with van der Waals surface area (Å²) in [6, 6.07) is 122. The fraction of sp³-hybridized carbons (Fsp3) is 0.0816. The minimum Gasteiger partial charge on any atom is -0.328 e. The Balaban J connectivity index is 0.844. The summed E-state index contributed by atoms with van der Waals surface area (Å²) in [5.41, 5.74) is 35.3. The average molecular weight is 1350 g/mol. The highest BCUT2D eigenvalue weighted by Gasteiger charge is 2.38. The Morgan fingerprint density at radius 1 is 0.229 bits per heavy atom. The second-order valence-corrected chi connectivity index (χ2v) is 29.5. The Morgan fingerprint density at radius 2 is 0.514 bits per heavy atom. The van der Waals surface area contributed by atoms with Gasteiger partial charge in [-0.25, -0.2) is 0 Å². The largest absolute Gasteiger partial charge is 0.328 e. The highest BCUT2D eigenvalue weighted by atomic mass is 15.2. The Labute approximate surface area is 610 Å². The molecule has 0 spiro atoms. The van der Waals surface area contributed by atoms with E-state index in [-0.39, 0.29) is 18.8 Å². The molecule has 0 atom stereocenters. The third kappa shape index (κ3) is 9.04. The zero-order valence-corrected chi connectivity index (χ0v) is 59.5. The standard InChI is InChI=1S/C98H73BN6/c1-60-49-62(3)95(63(4)50-60)99(96-64(5)51-61(2)52-65(96)6)66-53-69(102-83-41-21-13-33-71(83)79-58-93-81(56-91(79)102)73-35-15-23-43-85(73)104(93)97-75-37-17-25-45-87(75)100(67-29-9-7-10-30-67)88-46-26-18-38-76(88)97)55-70(54-66)103-84-42-22-14-34-72(84)80-59-94-82(57-92(80)103)74-36-16-24-44-86(74)105(94)98-77-39-19-27-47-89(77)101(68-31-11-8-12-32-68)90-48-28-20-40-78(90)98/h7-59,97-98H,1-6H3. The molecule has 0 saturated heterocycles. The molecule has 105 heavy (non-hydrogen) atoms. The van der Waals surface area contributed by atoms with Gasteiger partial charge in [-0.1, -0.05) is 256 Å². The van der Waals surface area contributed by atoms with Gasteiger partial charge in [-0.05, 0) is 157 Å². The second-order valence-electron chi connectivity index (χ2n) is 29.5. The molecule has 15 aromatic carbocycles. The van der Waals surface area contributed by atoms with E-state index in [1.807, 2.05) is 0 Å². The van der Waals surface area contributed by atoms with Crippen LogP contribution in [0.4, 0.5) is 34.1 Å². The van der Waals surface area contributed by atoms with E-state index in [1.54, 1.807) is 0 Å². The van der Waals surface area contributed by atoms with Crippen LogP contribution in [0.15, 0.2) is 322 Å². The zero-order valence-electron chi connectivity index (χ0n) is 59.5. The fourth-order valence-electron chi connectivity index (χ4n) is 19.4. The Hall–Kier alpha value is -12.8. The minimum absolute atomic E-state index is 0.125. The number of hydrogen-bond acceptors (Lipinski definition) is 2. The predicted octanol–water partition coefficient (Wildman–Crippen LogP) is 23.3. The van der Waals surface area contributed by atoms with E-state index in [2.05, 4.69) is 391 Å². The first-order chi connectivity index (χ1) is 51.6. The van der Waals surface area contributed by atoms with Crippen molar-refractivity contribution >= 4 is 144 Å². The van der Waals surface area contributed by atoms with Crippen LogP contribution in [0.5, 0.6) is 0 Å². The molecule has 6 heterocycles. The normalized spacial score (nSPS) is 13.1. The Morgan fingerprint density at radius 3 is 0.876 bits per heavy atom. The molecule has 0 N–H and O–H groups in total. The van der Waals surface area contributed by atoms with Crippen molar-refractivity contribution in [1.29, 1.82) is 0 Å². The molecule has 0 saturated carbocycles. The molecule has 2 aliphatic rings. The van der Waals surface area contributed by atoms with Crippen LogP contribution in [0.1, 0.15) is 67.7 Å². The van der Waals surface area contributed by atoms with Gasteiger partial charge in [0.15, 0.2) is 0 Å². The van der Waals surface area contributed by atoms with Crippen LogP contribution in [0.3, 0.4) is 0 Å². The van der Waals surface area contributed by atoms with Crippen LogP contribution in [-0.4, -0.2) is 25.0 Å². The number of nitrogens with zero attached hydrogens (tertiary/aromatic N) is 6. The molecule has 0 radical (unpaired) electrons. The molecule has 21 rings (SSSR count). The Bertz CT molecular complexity index is 6300. The van der Waals surface area contributed by atoms with Gasteiger partial charge in [-0.2, -0.15) is 0 Å². The Kier molecular flexibility index (Phi) is 13.5. The van der Waals surface area contributed by atoms with E-state index in [1.165, 1.54) is 160 Å². The first-order valence-electron chi connectivity index (χ1n) is 36.9. The van der Waals surface area contributed by atoms with Crippen molar-refractivity contribution in [2.75, 3.05) is 9.80 Å². The first kappa shape index (κ1) is 60.9. The molecule has 4 aromatic heterocycles. The molecular formula is C98H73BN6. The zero-order chi connectivity index (χ0) is 70.0. The number of rotatable bonds is 9. The maximum absolute atomic E-state index is 2.65. The highest BCUT2D eigenvalue weighted by Crippen LogP contribution is 2.55. The van der Waals surface area contributed by atoms with Crippen LogP contribution < -0.4 is 26.2 Å². The summed E-state index contributed by atoms with van der Waals surface area (Å²) in [4.78, 5) is 4.90. The van der Waals surface area contributed by atoms with E-state index in [0.29, 0.717) is 0 Å². The quantitative estimate of drug-likeness (QED) is 0.135. The monoisotopic (exact) mass is 1340 g/mol. The van der Waals surface area contributed by atoms with Gasteiger partial charge in [0.05, 0.1) is 67.9 Å². The first-order valence-corrected chi connectivity index (χ1v) is 36.9. The van der Waals surface area contributed by atoms with Gasteiger partial charge in [0, 0.05) is 99.1 Å². The van der Waals surface area contributed by atoms with Gasteiger partial charge >= 0.3 is 0 Å². The molecule has 0 aliphatic carbocycles. The maximum Gasteiger partial charge on any atom is 0.242 e. The van der Waals surface area contributed by atoms with E-state index in [0.717, 1.165) is 44.8 Å². The average Bonchev–Trinajstić information content (AvgIpc) is 1.57. The molecule has 19 aromatic rings. The number of benzene rings is 15. The van der Waals surface area contributed by atoms with E-state index in [9.17, 15) is 0 Å². The fourth-order valence-corrected chi connectivity index (χ4v) is 19.4. The lowest BCUT2D eigenvalue weighted by molar-refractivity contribution is 0.717. The molecule has 0 unspecified atom stereocenters. The van der Waals surface area contributed by atoms with Crippen LogP contribution in [0, 0.1) is 41.5 Å². The van der Waals surface area contributed by atoms with Gasteiger partial charge in [0.2, 0.25) is 6.71 Å². The van der Waals surface area contributed by atoms with Crippen molar-refractivity contribution in [3.63, 3.8) is 0 Å². The van der Waals surface area contributed by atoms with Crippen LogP contribution in [0.2, 0.25) is 0 Å². The minimum atomic E-state index is -0.126. The van der Waals surface area contributed by atoms with Crippen molar-refractivity contribution in [2.24, 2.45) is 0 Å². The summed E-state index contributed by atoms with van der Waals surface area (Å²) in [6.45, 7) is 13.7. The predicted molar refractivity (Wildman–Crippen MR) is 444 cm³/mol. The third-order valence-electron chi connectivity index (χ3n) is 23.3. The third-order valence-corrected chi connectivity index (χ3v) is 23.3. The lowest BCUT2D eigenvalue weighted by atomic mass is 9.34. The molecule has 0 amide bonds. The number of fused-ring (bicyclic) bond motifs is 16. The van der Waals surface area contributed by atoms with Crippen molar-refractivity contribution in [3.05, 3.63) is 377 Å². The number of hydrogen-bond donors (Lipinski definition) is 0. The molecule has 0 bridgehead atoms. The van der Waals surface area contributed by atoms with E-state index in [4.69, 9.17) is 0 Å². The summed E-state index contributed by atoms with van der Waals surface area (Å²) in [5, 5.41) is 9.70. The maximum atomic E-state index is 2.65. The second kappa shape index (κ2) is 23.3. The molecule has 6 nitrogen and oxygen atoms in total. The number of anilines is 6. The van der Waals surface area contributed by atoms with Crippen molar-refractivity contribution in [3.8, 4) is 11.4 Å².